The molecule has 1 atom stereocenters. The normalized spacial score (nSPS) is 12.1. The summed E-state index contributed by atoms with van der Waals surface area (Å²) < 4.78 is 0. The Morgan fingerprint density at radius 1 is 0.452 bits per heavy atom. The van der Waals surface area contributed by atoms with Crippen molar-refractivity contribution >= 4 is 37.1 Å². The number of benzene rings is 4. The first-order valence-corrected chi connectivity index (χ1v) is 14.1. The molecule has 0 nitrogen and oxygen atoms in total. The molecule has 0 saturated heterocycles. The second kappa shape index (κ2) is 11.4. The molecule has 156 valence electrons. The second-order valence-electron chi connectivity index (χ2n) is 7.80. The smallest absolute Gasteiger partial charge is 0.0166 e. The Hall–Kier alpha value is -2.26. The van der Waals surface area contributed by atoms with Crippen molar-refractivity contribution in [1.29, 1.82) is 0 Å². The SMILES string of the molecule is Cc1ccccc1P(CCCCP(c1ccccc1)c1ccccc1)c1ccccc1. The summed E-state index contributed by atoms with van der Waals surface area (Å²) in [6.07, 6.45) is 5.06. The molecule has 0 N–H and O–H groups in total. The number of aryl methyl sites for hydroxylation is 1. The maximum atomic E-state index is 2.34. The predicted octanol–water partition coefficient (Wildman–Crippen LogP) is 6.34. The van der Waals surface area contributed by atoms with Crippen LogP contribution in [0.4, 0.5) is 0 Å². The van der Waals surface area contributed by atoms with Crippen LogP contribution in [0.2, 0.25) is 0 Å². The van der Waals surface area contributed by atoms with Gasteiger partial charge in [0.05, 0.1) is 0 Å². The van der Waals surface area contributed by atoms with Crippen molar-refractivity contribution in [3.63, 3.8) is 0 Å². The molecule has 0 aromatic heterocycles. The summed E-state index contributed by atoms with van der Waals surface area (Å²) >= 11 is 0. The zero-order valence-corrected chi connectivity index (χ0v) is 20.0. The predicted molar refractivity (Wildman–Crippen MR) is 142 cm³/mol. The van der Waals surface area contributed by atoms with Crippen molar-refractivity contribution < 1.29 is 0 Å². The molecule has 1 unspecified atom stereocenters. The van der Waals surface area contributed by atoms with Gasteiger partial charge in [-0.1, -0.05) is 115 Å². The van der Waals surface area contributed by atoms with E-state index >= 15 is 0 Å². The summed E-state index contributed by atoms with van der Waals surface area (Å²) in [5.74, 6) is 0. The number of hydrogen-bond donors (Lipinski definition) is 0. The van der Waals surface area contributed by atoms with Crippen molar-refractivity contribution in [1.82, 2.24) is 0 Å². The molecule has 4 aromatic carbocycles. The van der Waals surface area contributed by atoms with E-state index in [4.69, 9.17) is 0 Å². The summed E-state index contributed by atoms with van der Waals surface area (Å²) in [5.41, 5.74) is 1.42. The third-order valence-corrected chi connectivity index (χ3v) is 11.0. The average Bonchev–Trinajstić information content (AvgIpc) is 2.84. The van der Waals surface area contributed by atoms with Gasteiger partial charge in [0.15, 0.2) is 0 Å². The van der Waals surface area contributed by atoms with Gasteiger partial charge in [-0.25, -0.2) is 0 Å². The Balaban J connectivity index is 1.47. The quantitative estimate of drug-likeness (QED) is 0.210. The van der Waals surface area contributed by atoms with E-state index in [1.165, 1.54) is 51.9 Å². The molecule has 0 fully saturated rings. The van der Waals surface area contributed by atoms with Crippen molar-refractivity contribution in [3.05, 3.63) is 121 Å². The minimum atomic E-state index is -0.304. The van der Waals surface area contributed by atoms with Crippen LogP contribution in [0.3, 0.4) is 0 Å². The summed E-state index contributed by atoms with van der Waals surface area (Å²) in [4.78, 5) is 0. The van der Waals surface area contributed by atoms with Gasteiger partial charge in [0, 0.05) is 0 Å². The molecule has 0 radical (unpaired) electrons. The molecule has 0 amide bonds. The van der Waals surface area contributed by atoms with E-state index in [-0.39, 0.29) is 15.8 Å². The molecule has 0 aliphatic rings. The third-order valence-electron chi connectivity index (χ3n) is 5.62. The maximum Gasteiger partial charge on any atom is -0.0166 e. The van der Waals surface area contributed by atoms with Crippen LogP contribution >= 0.6 is 15.8 Å². The minimum Gasteiger partial charge on any atom is -0.0622 e. The lowest BCUT2D eigenvalue weighted by atomic mass is 10.2. The lowest BCUT2D eigenvalue weighted by molar-refractivity contribution is 0.901. The van der Waals surface area contributed by atoms with Crippen molar-refractivity contribution in [2.75, 3.05) is 12.3 Å². The Bertz CT molecular complexity index is 1010. The Morgan fingerprint density at radius 3 is 1.32 bits per heavy atom. The Morgan fingerprint density at radius 2 is 0.839 bits per heavy atom. The van der Waals surface area contributed by atoms with Crippen molar-refractivity contribution in [2.45, 2.75) is 19.8 Å². The fourth-order valence-corrected chi connectivity index (χ4v) is 9.06. The number of rotatable bonds is 9. The molecule has 0 spiro atoms. The van der Waals surface area contributed by atoms with E-state index < -0.39 is 0 Å². The molecular formula is C29H30P2. The van der Waals surface area contributed by atoms with E-state index in [1.807, 2.05) is 0 Å². The molecule has 31 heavy (non-hydrogen) atoms. The Kier molecular flexibility index (Phi) is 8.06. The van der Waals surface area contributed by atoms with Gasteiger partial charge in [0.25, 0.3) is 0 Å². The van der Waals surface area contributed by atoms with Gasteiger partial charge in [-0.05, 0) is 74.7 Å². The molecule has 0 bridgehead atoms. The van der Waals surface area contributed by atoms with E-state index in [0.29, 0.717) is 0 Å². The second-order valence-corrected chi connectivity index (χ2v) is 12.4. The topological polar surface area (TPSA) is 0 Å². The van der Waals surface area contributed by atoms with Crippen LogP contribution < -0.4 is 21.2 Å². The average molecular weight is 441 g/mol. The molecule has 0 saturated carbocycles. The Labute approximate surface area is 189 Å². The van der Waals surface area contributed by atoms with E-state index in [0.717, 1.165) is 0 Å². The summed E-state index contributed by atoms with van der Waals surface area (Å²) in [6.45, 7) is 2.26. The van der Waals surface area contributed by atoms with E-state index in [9.17, 15) is 0 Å². The van der Waals surface area contributed by atoms with Crippen LogP contribution in [0.15, 0.2) is 115 Å². The lowest BCUT2D eigenvalue weighted by Crippen LogP contribution is -2.17. The van der Waals surface area contributed by atoms with Crippen LogP contribution in [0.1, 0.15) is 18.4 Å². The molecular weight excluding hydrogens is 410 g/mol. The standard InChI is InChI=1S/C29H30P2/c1-25-15-11-12-22-29(25)31(28-20-9-4-10-21-28)24-14-13-23-30(26-16-5-2-6-17-26)27-18-7-3-8-19-27/h2-12,15-22H,13-14,23-24H2,1H3. The van der Waals surface area contributed by atoms with Gasteiger partial charge in [0.2, 0.25) is 0 Å². The summed E-state index contributed by atoms with van der Waals surface area (Å²) in [6, 6.07) is 42.3. The molecule has 0 heterocycles. The molecule has 0 aliphatic carbocycles. The van der Waals surface area contributed by atoms with Gasteiger partial charge in [-0.15, -0.1) is 0 Å². The highest BCUT2D eigenvalue weighted by Gasteiger charge is 2.17. The van der Waals surface area contributed by atoms with Crippen LogP contribution in [-0.4, -0.2) is 12.3 Å². The van der Waals surface area contributed by atoms with E-state index in [1.54, 1.807) is 0 Å². The van der Waals surface area contributed by atoms with Crippen LogP contribution in [-0.2, 0) is 0 Å². The van der Waals surface area contributed by atoms with Gasteiger partial charge in [0.1, 0.15) is 0 Å². The van der Waals surface area contributed by atoms with Crippen LogP contribution in [0.5, 0.6) is 0 Å². The first kappa shape index (κ1) is 22.0. The van der Waals surface area contributed by atoms with E-state index in [2.05, 4.69) is 122 Å². The highest BCUT2D eigenvalue weighted by molar-refractivity contribution is 7.73. The first-order valence-electron chi connectivity index (χ1n) is 11.1. The zero-order chi connectivity index (χ0) is 21.3. The summed E-state index contributed by atoms with van der Waals surface area (Å²) in [7, 11) is -0.593. The largest absolute Gasteiger partial charge is 0.0622 e. The van der Waals surface area contributed by atoms with Gasteiger partial charge < -0.3 is 0 Å². The zero-order valence-electron chi connectivity index (χ0n) is 18.2. The first-order chi connectivity index (χ1) is 15.3. The fourth-order valence-electron chi connectivity index (χ4n) is 4.03. The lowest BCUT2D eigenvalue weighted by Gasteiger charge is -2.22. The minimum absolute atomic E-state index is 0.289. The summed E-state index contributed by atoms with van der Waals surface area (Å²) in [5, 5.41) is 6.03. The third kappa shape index (κ3) is 5.92. The molecule has 0 aliphatic heterocycles. The van der Waals surface area contributed by atoms with Gasteiger partial charge in [-0.3, -0.25) is 0 Å². The molecule has 2 heteroatoms. The van der Waals surface area contributed by atoms with Crippen LogP contribution in [0.25, 0.3) is 0 Å². The number of hydrogen-bond acceptors (Lipinski definition) is 0. The molecule has 4 aromatic rings. The fraction of sp³-hybridized carbons (Fsp3) is 0.172. The van der Waals surface area contributed by atoms with Crippen molar-refractivity contribution in [2.24, 2.45) is 0 Å². The van der Waals surface area contributed by atoms with Crippen LogP contribution in [0, 0.1) is 6.92 Å². The van der Waals surface area contributed by atoms with Gasteiger partial charge in [-0.2, -0.15) is 0 Å². The monoisotopic (exact) mass is 440 g/mol. The number of unbranched alkanes of at least 4 members (excludes halogenated alkanes) is 1. The van der Waals surface area contributed by atoms with Gasteiger partial charge >= 0.3 is 0 Å². The maximum absolute atomic E-state index is 2.34. The highest BCUT2D eigenvalue weighted by Crippen LogP contribution is 2.38. The van der Waals surface area contributed by atoms with Crippen molar-refractivity contribution in [3.8, 4) is 0 Å². The highest BCUT2D eigenvalue weighted by atomic mass is 31.1. The molecule has 4 rings (SSSR count).